The lowest BCUT2D eigenvalue weighted by molar-refractivity contribution is -0.132. The second kappa shape index (κ2) is 7.98. The van der Waals surface area contributed by atoms with Gasteiger partial charge in [-0.15, -0.1) is 12.4 Å². The van der Waals surface area contributed by atoms with Crippen LogP contribution in [0.25, 0.3) is 0 Å². The van der Waals surface area contributed by atoms with Gasteiger partial charge < -0.3 is 10.2 Å². The van der Waals surface area contributed by atoms with Crippen molar-refractivity contribution < 1.29 is 4.79 Å². The molecule has 122 valence electrons. The molecule has 0 aromatic heterocycles. The van der Waals surface area contributed by atoms with Gasteiger partial charge in [-0.1, -0.05) is 24.3 Å². The average molecular weight is 323 g/mol. The standard InChI is InChI=1S/C18H26N2O.ClH/c1-14-5-2-3-6-16(14)17-7-4-12-20(17)18(21)9-8-15-10-11-19-13-15;/h2-3,5-6,15,17,19H,4,7-13H2,1H3;1H. The molecule has 0 bridgehead atoms. The average Bonchev–Trinajstić information content (AvgIpc) is 3.16. The fraction of sp³-hybridized carbons (Fsp3) is 0.611. The molecule has 4 heteroatoms. The molecule has 0 aliphatic carbocycles. The summed E-state index contributed by atoms with van der Waals surface area (Å²) < 4.78 is 0. The van der Waals surface area contributed by atoms with Crippen LogP contribution in [0.1, 0.15) is 49.3 Å². The van der Waals surface area contributed by atoms with Gasteiger partial charge in [-0.2, -0.15) is 0 Å². The second-order valence-electron chi connectivity index (χ2n) is 6.50. The summed E-state index contributed by atoms with van der Waals surface area (Å²) in [5, 5.41) is 3.38. The van der Waals surface area contributed by atoms with Gasteiger partial charge in [0.25, 0.3) is 0 Å². The predicted octanol–water partition coefficient (Wildman–Crippen LogP) is 3.47. The predicted molar refractivity (Wildman–Crippen MR) is 92.3 cm³/mol. The molecule has 0 radical (unpaired) electrons. The number of benzene rings is 1. The largest absolute Gasteiger partial charge is 0.336 e. The summed E-state index contributed by atoms with van der Waals surface area (Å²) in [5.74, 6) is 1.06. The molecular weight excluding hydrogens is 296 g/mol. The fourth-order valence-electron chi connectivity index (χ4n) is 3.78. The summed E-state index contributed by atoms with van der Waals surface area (Å²) in [4.78, 5) is 14.7. The van der Waals surface area contributed by atoms with Gasteiger partial charge in [0.2, 0.25) is 5.91 Å². The first-order chi connectivity index (χ1) is 10.3. The van der Waals surface area contributed by atoms with Gasteiger partial charge in [0, 0.05) is 13.0 Å². The van der Waals surface area contributed by atoms with Crippen LogP contribution >= 0.6 is 12.4 Å². The Labute approximate surface area is 139 Å². The van der Waals surface area contributed by atoms with Crippen LogP contribution in [-0.2, 0) is 4.79 Å². The molecule has 1 aromatic carbocycles. The van der Waals surface area contributed by atoms with Crippen LogP contribution in [0.15, 0.2) is 24.3 Å². The molecule has 2 unspecified atom stereocenters. The molecule has 22 heavy (non-hydrogen) atoms. The lowest BCUT2D eigenvalue weighted by Gasteiger charge is -2.26. The molecule has 2 aliphatic rings. The van der Waals surface area contributed by atoms with Crippen molar-refractivity contribution in [2.45, 2.75) is 45.1 Å². The minimum atomic E-state index is 0. The topological polar surface area (TPSA) is 32.3 Å². The highest BCUT2D eigenvalue weighted by molar-refractivity contribution is 5.85. The van der Waals surface area contributed by atoms with E-state index in [1.807, 2.05) is 0 Å². The van der Waals surface area contributed by atoms with Crippen LogP contribution in [0.4, 0.5) is 0 Å². The Kier molecular flexibility index (Phi) is 6.27. The lowest BCUT2D eigenvalue weighted by Crippen LogP contribution is -2.31. The van der Waals surface area contributed by atoms with Crippen LogP contribution in [0.2, 0.25) is 0 Å². The number of carbonyl (C=O) groups is 1. The van der Waals surface area contributed by atoms with Crippen molar-refractivity contribution >= 4 is 18.3 Å². The first-order valence-corrected chi connectivity index (χ1v) is 8.31. The molecule has 1 amide bonds. The van der Waals surface area contributed by atoms with E-state index in [1.165, 1.54) is 17.5 Å². The van der Waals surface area contributed by atoms with Gasteiger partial charge in [0.1, 0.15) is 0 Å². The van der Waals surface area contributed by atoms with E-state index in [-0.39, 0.29) is 12.4 Å². The third kappa shape index (κ3) is 3.82. The molecule has 2 aliphatic heterocycles. The number of aryl methyl sites for hydroxylation is 1. The number of nitrogens with zero attached hydrogens (tertiary/aromatic N) is 1. The maximum absolute atomic E-state index is 12.6. The third-order valence-electron chi connectivity index (χ3n) is 5.05. The van der Waals surface area contributed by atoms with E-state index in [4.69, 9.17) is 0 Å². The van der Waals surface area contributed by atoms with Gasteiger partial charge in [0.05, 0.1) is 6.04 Å². The Morgan fingerprint density at radius 3 is 2.86 bits per heavy atom. The number of halogens is 1. The Morgan fingerprint density at radius 1 is 1.32 bits per heavy atom. The summed E-state index contributed by atoms with van der Waals surface area (Å²) >= 11 is 0. The van der Waals surface area contributed by atoms with Crippen LogP contribution < -0.4 is 5.32 Å². The van der Waals surface area contributed by atoms with Crippen molar-refractivity contribution in [3.05, 3.63) is 35.4 Å². The SMILES string of the molecule is Cc1ccccc1C1CCCN1C(=O)CCC1CCNC1.Cl. The van der Waals surface area contributed by atoms with E-state index in [1.54, 1.807) is 0 Å². The number of nitrogens with one attached hydrogen (secondary N) is 1. The lowest BCUT2D eigenvalue weighted by atomic mass is 9.98. The molecule has 2 heterocycles. The zero-order valence-corrected chi connectivity index (χ0v) is 14.2. The molecule has 1 N–H and O–H groups in total. The minimum Gasteiger partial charge on any atom is -0.336 e. The van der Waals surface area contributed by atoms with E-state index in [0.717, 1.165) is 38.9 Å². The summed E-state index contributed by atoms with van der Waals surface area (Å²) in [5.41, 5.74) is 2.65. The zero-order valence-electron chi connectivity index (χ0n) is 13.4. The van der Waals surface area contributed by atoms with Crippen LogP contribution in [0.5, 0.6) is 0 Å². The normalized spacial score (nSPS) is 24.3. The Hall–Kier alpha value is -1.06. The van der Waals surface area contributed by atoms with E-state index in [2.05, 4.69) is 41.4 Å². The first kappa shape index (κ1) is 17.3. The van der Waals surface area contributed by atoms with Crippen LogP contribution in [0, 0.1) is 12.8 Å². The molecule has 0 spiro atoms. The maximum atomic E-state index is 12.6. The number of hydrogen-bond acceptors (Lipinski definition) is 2. The Balaban J connectivity index is 0.00000176. The van der Waals surface area contributed by atoms with Crippen LogP contribution in [0.3, 0.4) is 0 Å². The molecule has 2 fully saturated rings. The van der Waals surface area contributed by atoms with Crippen molar-refractivity contribution in [2.75, 3.05) is 19.6 Å². The number of rotatable bonds is 4. The van der Waals surface area contributed by atoms with E-state index in [0.29, 0.717) is 24.3 Å². The molecule has 0 saturated carbocycles. The third-order valence-corrected chi connectivity index (χ3v) is 5.05. The van der Waals surface area contributed by atoms with Gasteiger partial charge in [-0.3, -0.25) is 4.79 Å². The molecular formula is C18H27ClN2O. The number of carbonyl (C=O) groups excluding carboxylic acids is 1. The highest BCUT2D eigenvalue weighted by atomic mass is 35.5. The smallest absolute Gasteiger partial charge is 0.223 e. The minimum absolute atomic E-state index is 0. The fourth-order valence-corrected chi connectivity index (χ4v) is 3.78. The van der Waals surface area contributed by atoms with Crippen molar-refractivity contribution in [1.82, 2.24) is 10.2 Å². The number of hydrogen-bond donors (Lipinski definition) is 1. The van der Waals surface area contributed by atoms with Crippen molar-refractivity contribution in [1.29, 1.82) is 0 Å². The second-order valence-corrected chi connectivity index (χ2v) is 6.50. The van der Waals surface area contributed by atoms with Crippen LogP contribution in [-0.4, -0.2) is 30.4 Å². The number of amides is 1. The van der Waals surface area contributed by atoms with E-state index in [9.17, 15) is 4.79 Å². The summed E-state index contributed by atoms with van der Waals surface area (Å²) in [6.07, 6.45) is 5.24. The van der Waals surface area contributed by atoms with Gasteiger partial charge >= 0.3 is 0 Å². The summed E-state index contributed by atoms with van der Waals surface area (Å²) in [6.45, 7) is 5.30. The highest BCUT2D eigenvalue weighted by Gasteiger charge is 2.30. The molecule has 3 nitrogen and oxygen atoms in total. The first-order valence-electron chi connectivity index (χ1n) is 8.31. The van der Waals surface area contributed by atoms with Crippen molar-refractivity contribution in [2.24, 2.45) is 5.92 Å². The zero-order chi connectivity index (χ0) is 14.7. The maximum Gasteiger partial charge on any atom is 0.223 e. The molecule has 3 rings (SSSR count). The Morgan fingerprint density at radius 2 is 2.14 bits per heavy atom. The van der Waals surface area contributed by atoms with Crippen molar-refractivity contribution in [3.63, 3.8) is 0 Å². The quantitative estimate of drug-likeness (QED) is 0.920. The number of likely N-dealkylation sites (tertiary alicyclic amines) is 1. The van der Waals surface area contributed by atoms with Gasteiger partial charge in [-0.25, -0.2) is 0 Å². The summed E-state index contributed by atoms with van der Waals surface area (Å²) in [6, 6.07) is 8.81. The van der Waals surface area contributed by atoms with Crippen molar-refractivity contribution in [3.8, 4) is 0 Å². The molecule has 2 atom stereocenters. The van der Waals surface area contributed by atoms with E-state index < -0.39 is 0 Å². The van der Waals surface area contributed by atoms with Gasteiger partial charge in [-0.05, 0) is 62.7 Å². The monoisotopic (exact) mass is 322 g/mol. The molecule has 1 aromatic rings. The summed E-state index contributed by atoms with van der Waals surface area (Å²) in [7, 11) is 0. The van der Waals surface area contributed by atoms with Gasteiger partial charge in [0.15, 0.2) is 0 Å². The van der Waals surface area contributed by atoms with E-state index >= 15 is 0 Å². The highest BCUT2D eigenvalue weighted by Crippen LogP contribution is 2.34. The molecule has 2 saturated heterocycles. The Bertz CT molecular complexity index is 500.